The van der Waals surface area contributed by atoms with Crippen LogP contribution in [0.25, 0.3) is 10.8 Å². The third kappa shape index (κ3) is 4.54. The summed E-state index contributed by atoms with van der Waals surface area (Å²) in [5.74, 6) is 0.781. The molecule has 2 amide bonds. The average molecular weight is 404 g/mol. The summed E-state index contributed by atoms with van der Waals surface area (Å²) in [6.07, 6.45) is 1.03. The molecule has 4 rings (SSSR count). The number of ether oxygens (including phenoxy) is 2. The normalized spacial score (nSPS) is 13.9. The molecule has 0 aliphatic carbocycles. The molecule has 0 fully saturated rings. The van der Waals surface area contributed by atoms with Gasteiger partial charge in [-0.05, 0) is 35.4 Å². The quantitative estimate of drug-likeness (QED) is 0.680. The molecule has 1 unspecified atom stereocenters. The summed E-state index contributed by atoms with van der Waals surface area (Å²) in [6.45, 7) is 2.85. The number of hydrogen-bond acceptors (Lipinski definition) is 4. The number of hydrogen-bond donors (Lipinski definition) is 2. The summed E-state index contributed by atoms with van der Waals surface area (Å²) >= 11 is 0. The zero-order chi connectivity index (χ0) is 20.9. The summed E-state index contributed by atoms with van der Waals surface area (Å²) in [5.41, 5.74) is 1.53. The first-order valence-electron chi connectivity index (χ1n) is 10.1. The van der Waals surface area contributed by atoms with Crippen LogP contribution >= 0.6 is 0 Å². The Hall–Kier alpha value is -3.54. The van der Waals surface area contributed by atoms with E-state index in [1.807, 2.05) is 42.5 Å². The molecule has 0 aromatic heterocycles. The van der Waals surface area contributed by atoms with Gasteiger partial charge in [-0.2, -0.15) is 0 Å². The minimum atomic E-state index is -0.677. The number of benzene rings is 3. The highest BCUT2D eigenvalue weighted by atomic mass is 16.5. The average Bonchev–Trinajstić information content (AvgIpc) is 2.99. The van der Waals surface area contributed by atoms with Crippen LogP contribution < -0.4 is 20.1 Å². The molecular formula is C24H24N2O4. The van der Waals surface area contributed by atoms with E-state index >= 15 is 0 Å². The second-order valence-corrected chi connectivity index (χ2v) is 7.31. The van der Waals surface area contributed by atoms with Gasteiger partial charge in [0.1, 0.15) is 6.04 Å². The molecule has 2 N–H and O–H groups in total. The Morgan fingerprint density at radius 2 is 1.73 bits per heavy atom. The van der Waals surface area contributed by atoms with Gasteiger partial charge in [0.15, 0.2) is 11.5 Å². The summed E-state index contributed by atoms with van der Waals surface area (Å²) in [6, 6.07) is 18.4. The number of nitrogens with one attached hydrogen (secondary N) is 2. The molecule has 1 aliphatic heterocycles. The van der Waals surface area contributed by atoms with Crippen molar-refractivity contribution in [2.75, 3.05) is 18.5 Å². The summed E-state index contributed by atoms with van der Waals surface area (Å²) in [5, 5.41) is 7.73. The molecule has 1 aliphatic rings. The van der Waals surface area contributed by atoms with E-state index in [1.165, 1.54) is 0 Å². The van der Waals surface area contributed by atoms with Crippen LogP contribution in [0.4, 0.5) is 5.69 Å². The highest BCUT2D eigenvalue weighted by Crippen LogP contribution is 2.32. The van der Waals surface area contributed by atoms with Gasteiger partial charge in [0.2, 0.25) is 11.8 Å². The van der Waals surface area contributed by atoms with Crippen LogP contribution in [0.15, 0.2) is 60.7 Å². The Labute approximate surface area is 175 Å². The van der Waals surface area contributed by atoms with Crippen LogP contribution in [0.3, 0.4) is 0 Å². The fraction of sp³-hybridized carbons (Fsp3) is 0.250. The molecule has 0 radical (unpaired) electrons. The van der Waals surface area contributed by atoms with Crippen molar-refractivity contribution in [2.45, 2.75) is 25.8 Å². The maximum atomic E-state index is 12.6. The maximum Gasteiger partial charge on any atom is 0.246 e. The lowest BCUT2D eigenvalue weighted by atomic mass is 10.0. The van der Waals surface area contributed by atoms with Crippen molar-refractivity contribution in [3.8, 4) is 11.5 Å². The van der Waals surface area contributed by atoms with E-state index in [-0.39, 0.29) is 18.2 Å². The number of rotatable bonds is 5. The zero-order valence-corrected chi connectivity index (χ0v) is 16.8. The van der Waals surface area contributed by atoms with E-state index in [4.69, 9.17) is 9.47 Å². The van der Waals surface area contributed by atoms with Crippen LogP contribution in [0, 0.1) is 0 Å². The number of anilines is 1. The Morgan fingerprint density at radius 3 is 2.60 bits per heavy atom. The van der Waals surface area contributed by atoms with E-state index in [1.54, 1.807) is 25.1 Å². The first kappa shape index (κ1) is 19.8. The molecule has 1 atom stereocenters. The molecule has 0 saturated heterocycles. The van der Waals surface area contributed by atoms with Crippen LogP contribution in [-0.2, 0) is 16.0 Å². The number of amides is 2. The molecule has 6 nitrogen and oxygen atoms in total. The first-order valence-corrected chi connectivity index (χ1v) is 10.1. The largest absolute Gasteiger partial charge is 0.490 e. The third-order valence-corrected chi connectivity index (χ3v) is 5.02. The monoisotopic (exact) mass is 404 g/mol. The number of carbonyl (C=O) groups is 2. The van der Waals surface area contributed by atoms with Gasteiger partial charge in [0.05, 0.1) is 19.6 Å². The first-order chi connectivity index (χ1) is 14.6. The lowest BCUT2D eigenvalue weighted by molar-refractivity contribution is -0.125. The van der Waals surface area contributed by atoms with Crippen LogP contribution in [0.2, 0.25) is 0 Å². The van der Waals surface area contributed by atoms with Crippen molar-refractivity contribution in [3.63, 3.8) is 0 Å². The van der Waals surface area contributed by atoms with Crippen molar-refractivity contribution in [2.24, 2.45) is 0 Å². The van der Waals surface area contributed by atoms with Crippen molar-refractivity contribution < 1.29 is 19.1 Å². The standard InChI is InChI=1S/C24H24N2O4/c1-16(24(28)26-19-10-11-21-22(15-19)30-13-5-12-29-21)25-23(27)14-18-8-4-7-17-6-2-3-9-20(17)18/h2-4,6-11,15-16H,5,12-14H2,1H3,(H,25,27)(H,26,28). The number of carbonyl (C=O) groups excluding carboxylic acids is 2. The Kier molecular flexibility index (Phi) is 5.84. The highest BCUT2D eigenvalue weighted by Gasteiger charge is 2.18. The van der Waals surface area contributed by atoms with Crippen LogP contribution in [0.5, 0.6) is 11.5 Å². The van der Waals surface area contributed by atoms with E-state index in [0.717, 1.165) is 22.8 Å². The maximum absolute atomic E-state index is 12.6. The lowest BCUT2D eigenvalue weighted by Crippen LogP contribution is -2.42. The van der Waals surface area contributed by atoms with E-state index < -0.39 is 6.04 Å². The molecule has 1 heterocycles. The summed E-state index contributed by atoms with van der Waals surface area (Å²) in [4.78, 5) is 25.1. The fourth-order valence-electron chi connectivity index (χ4n) is 3.47. The van der Waals surface area contributed by atoms with Gasteiger partial charge >= 0.3 is 0 Å². The summed E-state index contributed by atoms with van der Waals surface area (Å²) in [7, 11) is 0. The van der Waals surface area contributed by atoms with Crippen molar-refractivity contribution in [3.05, 3.63) is 66.2 Å². The van der Waals surface area contributed by atoms with Crippen molar-refractivity contribution in [1.82, 2.24) is 5.32 Å². The van der Waals surface area contributed by atoms with Gasteiger partial charge in [0, 0.05) is 18.2 Å². The molecule has 6 heteroatoms. The lowest BCUT2D eigenvalue weighted by Gasteiger charge is -2.16. The predicted octanol–water partition coefficient (Wildman–Crippen LogP) is 3.69. The molecule has 3 aromatic rings. The molecule has 0 spiro atoms. The minimum Gasteiger partial charge on any atom is -0.490 e. The van der Waals surface area contributed by atoms with E-state index in [9.17, 15) is 9.59 Å². The Bertz CT molecular complexity index is 1070. The summed E-state index contributed by atoms with van der Waals surface area (Å²) < 4.78 is 11.3. The Balaban J connectivity index is 1.37. The van der Waals surface area contributed by atoms with Gasteiger partial charge in [0.25, 0.3) is 0 Å². The molecule has 154 valence electrons. The van der Waals surface area contributed by atoms with Crippen molar-refractivity contribution in [1.29, 1.82) is 0 Å². The molecule has 0 saturated carbocycles. The third-order valence-electron chi connectivity index (χ3n) is 5.02. The van der Waals surface area contributed by atoms with Gasteiger partial charge in [-0.1, -0.05) is 42.5 Å². The van der Waals surface area contributed by atoms with Gasteiger partial charge in [-0.3, -0.25) is 9.59 Å². The smallest absolute Gasteiger partial charge is 0.246 e. The van der Waals surface area contributed by atoms with Gasteiger partial charge < -0.3 is 20.1 Å². The fourth-order valence-corrected chi connectivity index (χ4v) is 3.47. The topological polar surface area (TPSA) is 76.7 Å². The highest BCUT2D eigenvalue weighted by molar-refractivity contribution is 5.98. The molecule has 30 heavy (non-hydrogen) atoms. The van der Waals surface area contributed by atoms with E-state index in [2.05, 4.69) is 10.6 Å². The SMILES string of the molecule is CC(NC(=O)Cc1cccc2ccccc12)C(=O)Nc1ccc2c(c1)OCCCO2. The van der Waals surface area contributed by atoms with Crippen molar-refractivity contribution >= 4 is 28.3 Å². The number of fused-ring (bicyclic) bond motifs is 2. The molecule has 3 aromatic carbocycles. The van der Waals surface area contributed by atoms with Crippen LogP contribution in [-0.4, -0.2) is 31.1 Å². The van der Waals surface area contributed by atoms with Gasteiger partial charge in [-0.25, -0.2) is 0 Å². The molecular weight excluding hydrogens is 380 g/mol. The Morgan fingerprint density at radius 1 is 0.967 bits per heavy atom. The van der Waals surface area contributed by atoms with Crippen LogP contribution in [0.1, 0.15) is 18.9 Å². The predicted molar refractivity (Wildman–Crippen MR) is 116 cm³/mol. The molecule has 0 bridgehead atoms. The zero-order valence-electron chi connectivity index (χ0n) is 16.8. The second-order valence-electron chi connectivity index (χ2n) is 7.31. The van der Waals surface area contributed by atoms with Gasteiger partial charge in [-0.15, -0.1) is 0 Å². The minimum absolute atomic E-state index is 0.201. The van der Waals surface area contributed by atoms with E-state index in [0.29, 0.717) is 30.4 Å². The second kappa shape index (κ2) is 8.86.